The van der Waals surface area contributed by atoms with Gasteiger partial charge in [-0.15, -0.1) is 0 Å². The van der Waals surface area contributed by atoms with E-state index in [1.807, 2.05) is 36.1 Å². The summed E-state index contributed by atoms with van der Waals surface area (Å²) in [7, 11) is 3.75. The summed E-state index contributed by atoms with van der Waals surface area (Å²) < 4.78 is 3.80. The Bertz CT molecular complexity index is 884. The number of carbonyl (C=O) groups excluding carboxylic acids is 1. The molecular weight excluding hydrogens is 467 g/mol. The van der Waals surface area contributed by atoms with Gasteiger partial charge in [0, 0.05) is 0 Å². The quantitative estimate of drug-likeness (QED) is 0.457. The van der Waals surface area contributed by atoms with Crippen molar-refractivity contribution >= 4 is 50.9 Å². The number of hydrogen-bond donors (Lipinski definition) is 1. The molecule has 1 aliphatic heterocycles. The molecule has 0 radical (unpaired) electrons. The normalized spacial score (nSPS) is 15.0. The second-order valence-electron chi connectivity index (χ2n) is 5.74. The van der Waals surface area contributed by atoms with Crippen molar-refractivity contribution in [2.45, 2.75) is 0 Å². The first-order chi connectivity index (χ1) is 12.8. The van der Waals surface area contributed by atoms with Crippen LogP contribution in [-0.4, -0.2) is 25.9 Å². The third-order valence-corrected chi connectivity index (χ3v) is 32.3. The maximum atomic E-state index is 12.2. The van der Waals surface area contributed by atoms with Crippen molar-refractivity contribution in [1.82, 2.24) is 5.43 Å². The Kier molecular flexibility index (Phi) is 5.38. The van der Waals surface area contributed by atoms with Gasteiger partial charge in [0.2, 0.25) is 0 Å². The zero-order chi connectivity index (χ0) is 17.8. The van der Waals surface area contributed by atoms with E-state index >= 15 is 0 Å². The number of carbonyl (C=O) groups is 1. The minimum atomic E-state index is -2.85. The molecule has 26 heavy (non-hydrogen) atoms. The van der Waals surface area contributed by atoms with Gasteiger partial charge in [0.25, 0.3) is 0 Å². The topological polar surface area (TPSA) is 41.5 Å². The number of nitrogens with one attached hydrogen (secondary N) is 1. The molecule has 1 heterocycles. The van der Waals surface area contributed by atoms with Gasteiger partial charge in [0.1, 0.15) is 0 Å². The van der Waals surface area contributed by atoms with Crippen LogP contribution in [0.1, 0.15) is 10.4 Å². The Labute approximate surface area is 162 Å². The van der Waals surface area contributed by atoms with Gasteiger partial charge in [-0.25, -0.2) is 0 Å². The fourth-order valence-electron chi connectivity index (χ4n) is 2.77. The SMILES string of the molecule is O=C(NN=C1[S][Sn]([c]2ccccc2)([c]2ccccc2)[S]1)c1ccccc1. The molecule has 3 aromatic carbocycles. The summed E-state index contributed by atoms with van der Waals surface area (Å²) in [5, 5.41) is 4.35. The van der Waals surface area contributed by atoms with Gasteiger partial charge < -0.3 is 0 Å². The van der Waals surface area contributed by atoms with Crippen molar-refractivity contribution in [1.29, 1.82) is 0 Å². The van der Waals surface area contributed by atoms with Crippen LogP contribution in [0.2, 0.25) is 0 Å². The molecule has 0 aliphatic carbocycles. The predicted octanol–water partition coefficient (Wildman–Crippen LogP) is 3.42. The van der Waals surface area contributed by atoms with E-state index in [-0.39, 0.29) is 5.91 Å². The van der Waals surface area contributed by atoms with Gasteiger partial charge in [0.15, 0.2) is 0 Å². The number of rotatable bonds is 4. The Hall–Kier alpha value is -1.70. The van der Waals surface area contributed by atoms with Crippen LogP contribution < -0.4 is 12.6 Å². The maximum absolute atomic E-state index is 12.2. The van der Waals surface area contributed by atoms with Gasteiger partial charge >= 0.3 is 163 Å². The number of hydrogen-bond acceptors (Lipinski definition) is 4. The molecule has 0 bridgehead atoms. The molecular formula is C20H16N2OS2Sn. The molecule has 1 saturated heterocycles. The Morgan fingerprint density at radius 3 is 1.69 bits per heavy atom. The van der Waals surface area contributed by atoms with E-state index in [0.717, 1.165) is 4.38 Å². The molecule has 0 atom stereocenters. The van der Waals surface area contributed by atoms with E-state index in [2.05, 4.69) is 71.2 Å². The second-order valence-corrected chi connectivity index (χ2v) is 27.4. The van der Waals surface area contributed by atoms with Gasteiger partial charge in [-0.2, -0.15) is 0 Å². The van der Waals surface area contributed by atoms with Crippen LogP contribution in [0.5, 0.6) is 0 Å². The van der Waals surface area contributed by atoms with Crippen molar-refractivity contribution in [2.75, 3.05) is 0 Å². The van der Waals surface area contributed by atoms with Crippen LogP contribution >= 0.6 is 17.9 Å². The van der Waals surface area contributed by atoms with Gasteiger partial charge in [0.05, 0.1) is 0 Å². The fraction of sp³-hybridized carbons (Fsp3) is 0. The minimum absolute atomic E-state index is 0.175. The molecule has 1 aliphatic rings. The first kappa shape index (κ1) is 17.7. The van der Waals surface area contributed by atoms with Crippen LogP contribution in [0.4, 0.5) is 0 Å². The monoisotopic (exact) mass is 484 g/mol. The summed E-state index contributed by atoms with van der Waals surface area (Å²) in [5.41, 5.74) is 3.30. The number of nitrogens with zero attached hydrogens (tertiary/aromatic N) is 1. The average molecular weight is 483 g/mol. The van der Waals surface area contributed by atoms with Crippen LogP contribution in [-0.2, 0) is 0 Å². The fourth-order valence-corrected chi connectivity index (χ4v) is 27.8. The van der Waals surface area contributed by atoms with Crippen molar-refractivity contribution in [3.05, 3.63) is 96.6 Å². The van der Waals surface area contributed by atoms with E-state index in [1.54, 1.807) is 12.1 Å². The third-order valence-electron chi connectivity index (χ3n) is 4.05. The number of amides is 1. The Morgan fingerprint density at radius 1 is 0.731 bits per heavy atom. The summed E-state index contributed by atoms with van der Waals surface area (Å²) in [6.45, 7) is 0. The van der Waals surface area contributed by atoms with Crippen molar-refractivity contribution in [3.63, 3.8) is 0 Å². The van der Waals surface area contributed by atoms with Gasteiger partial charge in [-0.05, 0) is 0 Å². The summed E-state index contributed by atoms with van der Waals surface area (Å²) in [4.78, 5) is 12.2. The van der Waals surface area contributed by atoms with E-state index < -0.39 is 15.6 Å². The van der Waals surface area contributed by atoms with Crippen molar-refractivity contribution in [2.24, 2.45) is 5.10 Å². The van der Waals surface area contributed by atoms with Crippen LogP contribution in [0.3, 0.4) is 0 Å². The Morgan fingerprint density at radius 2 is 1.19 bits per heavy atom. The first-order valence-corrected chi connectivity index (χ1v) is 19.7. The van der Waals surface area contributed by atoms with E-state index in [1.165, 1.54) is 7.16 Å². The van der Waals surface area contributed by atoms with E-state index in [0.29, 0.717) is 5.56 Å². The summed E-state index contributed by atoms with van der Waals surface area (Å²) in [5.74, 6) is -0.175. The standard InChI is InChI=1S/C8H8N2OS2.2C6H5.Sn/c11-7(9-10-8(12)13)6-4-2-1-3-5-6;2*1-2-4-6-5-3-1;/h1-5H,(H,9,11)(H2,10,12,13);2*1-5H;/q;;;+2/p-2. The molecule has 6 heteroatoms. The summed E-state index contributed by atoms with van der Waals surface area (Å²) in [6.07, 6.45) is 0. The molecule has 1 amide bonds. The van der Waals surface area contributed by atoms with Crippen molar-refractivity contribution in [3.8, 4) is 0 Å². The zero-order valence-electron chi connectivity index (χ0n) is 13.8. The number of hydrazone groups is 1. The molecule has 0 saturated carbocycles. The average Bonchev–Trinajstić information content (AvgIpc) is 2.69. The molecule has 0 unspecified atom stereocenters. The molecule has 3 aromatic rings. The molecule has 0 aromatic heterocycles. The molecule has 1 N–H and O–H groups in total. The molecule has 1 fully saturated rings. The molecule has 4 rings (SSSR count). The van der Waals surface area contributed by atoms with Gasteiger partial charge in [-0.1, -0.05) is 0 Å². The van der Waals surface area contributed by atoms with Crippen molar-refractivity contribution < 1.29 is 4.79 Å². The van der Waals surface area contributed by atoms with Crippen LogP contribution in [0.15, 0.2) is 96.1 Å². The molecule has 0 spiro atoms. The summed E-state index contributed by atoms with van der Waals surface area (Å²) >= 11 is -2.85. The zero-order valence-corrected chi connectivity index (χ0v) is 18.3. The summed E-state index contributed by atoms with van der Waals surface area (Å²) in [6, 6.07) is 30.6. The third kappa shape index (κ3) is 3.56. The van der Waals surface area contributed by atoms with Crippen LogP contribution in [0, 0.1) is 0 Å². The van der Waals surface area contributed by atoms with E-state index in [9.17, 15) is 4.79 Å². The van der Waals surface area contributed by atoms with E-state index in [4.69, 9.17) is 0 Å². The molecule has 128 valence electrons. The van der Waals surface area contributed by atoms with Gasteiger partial charge in [-0.3, -0.25) is 0 Å². The second kappa shape index (κ2) is 7.90. The first-order valence-electron chi connectivity index (χ1n) is 8.20. The predicted molar refractivity (Wildman–Crippen MR) is 114 cm³/mol. The number of benzene rings is 3. The Balaban J connectivity index is 1.54. The van der Waals surface area contributed by atoms with Crippen LogP contribution in [0.25, 0.3) is 0 Å². The molecule has 3 nitrogen and oxygen atoms in total.